The Labute approximate surface area is 178 Å². The Morgan fingerprint density at radius 1 is 1.00 bits per heavy atom. The van der Waals surface area contributed by atoms with Crippen molar-refractivity contribution in [1.29, 1.82) is 0 Å². The quantitative estimate of drug-likeness (QED) is 0.806. The van der Waals surface area contributed by atoms with Crippen LogP contribution in [0.15, 0.2) is 48.5 Å². The summed E-state index contributed by atoms with van der Waals surface area (Å²) in [5.41, 5.74) is 12.1. The third-order valence-corrected chi connectivity index (χ3v) is 7.04. The first kappa shape index (κ1) is 20.4. The molecule has 0 spiro atoms. The van der Waals surface area contributed by atoms with Crippen molar-refractivity contribution in [3.05, 3.63) is 70.8 Å². The van der Waals surface area contributed by atoms with E-state index >= 15 is 0 Å². The molecule has 2 aromatic carbocycles. The van der Waals surface area contributed by atoms with Crippen LogP contribution in [0, 0.1) is 11.8 Å². The van der Waals surface area contributed by atoms with E-state index in [9.17, 15) is 4.79 Å². The van der Waals surface area contributed by atoms with E-state index in [1.165, 1.54) is 22.3 Å². The number of carbonyl (C=O) groups excluding carboxylic acids is 1. The molecule has 0 radical (unpaired) electrons. The van der Waals surface area contributed by atoms with Crippen molar-refractivity contribution in [2.45, 2.75) is 37.1 Å². The van der Waals surface area contributed by atoms with Gasteiger partial charge < -0.3 is 15.8 Å². The van der Waals surface area contributed by atoms with Crippen LogP contribution in [0.25, 0.3) is 0 Å². The van der Waals surface area contributed by atoms with Crippen molar-refractivity contribution in [2.24, 2.45) is 17.6 Å². The number of amides is 1. The van der Waals surface area contributed by atoms with Gasteiger partial charge >= 0.3 is 0 Å². The van der Waals surface area contributed by atoms with Crippen LogP contribution < -0.4 is 11.1 Å². The van der Waals surface area contributed by atoms with Crippen LogP contribution in [-0.4, -0.2) is 31.7 Å². The number of nitrogens with one attached hydrogen (secondary N) is 1. The van der Waals surface area contributed by atoms with Crippen LogP contribution in [0.5, 0.6) is 0 Å². The predicted octanol–water partition coefficient (Wildman–Crippen LogP) is 3.58. The van der Waals surface area contributed by atoms with E-state index in [4.69, 9.17) is 10.5 Å². The summed E-state index contributed by atoms with van der Waals surface area (Å²) in [6, 6.07) is 17.2. The fourth-order valence-corrected chi connectivity index (χ4v) is 5.60. The van der Waals surface area contributed by atoms with E-state index in [-0.39, 0.29) is 24.2 Å². The number of hydrogen-bond donors (Lipinski definition) is 2. The monoisotopic (exact) mass is 412 g/mol. The molecule has 6 rings (SSSR count). The molecule has 154 valence electrons. The van der Waals surface area contributed by atoms with E-state index in [2.05, 4.69) is 53.8 Å². The SMILES string of the molecule is Cl.NC(C(=O)NCC1CC2c3ccccc3C1c1ccccc12)C1CCOCC1. The van der Waals surface area contributed by atoms with E-state index in [0.29, 0.717) is 37.5 Å². The Bertz CT molecular complexity index is 833. The second-order valence-corrected chi connectivity index (χ2v) is 8.50. The molecule has 3 N–H and O–H groups in total. The van der Waals surface area contributed by atoms with Crippen molar-refractivity contribution in [2.75, 3.05) is 19.8 Å². The molecule has 0 aromatic heterocycles. The van der Waals surface area contributed by atoms with Gasteiger partial charge in [0, 0.05) is 31.6 Å². The van der Waals surface area contributed by atoms with Gasteiger partial charge in [-0.3, -0.25) is 4.79 Å². The second kappa shape index (κ2) is 8.47. The van der Waals surface area contributed by atoms with Gasteiger partial charge in [-0.15, -0.1) is 12.4 Å². The Morgan fingerprint density at radius 3 is 2.14 bits per heavy atom. The Balaban J connectivity index is 0.00000205. The molecule has 1 heterocycles. The van der Waals surface area contributed by atoms with E-state index in [1.54, 1.807) is 0 Å². The summed E-state index contributed by atoms with van der Waals surface area (Å²) in [6.07, 6.45) is 2.85. The van der Waals surface area contributed by atoms with E-state index in [0.717, 1.165) is 19.3 Å². The van der Waals surface area contributed by atoms with Gasteiger partial charge in [-0.25, -0.2) is 0 Å². The Hall–Kier alpha value is -1.88. The van der Waals surface area contributed by atoms with Gasteiger partial charge in [-0.05, 0) is 53.4 Å². The van der Waals surface area contributed by atoms with Gasteiger partial charge in [0.15, 0.2) is 0 Å². The molecule has 4 aliphatic rings. The molecule has 2 aromatic rings. The van der Waals surface area contributed by atoms with Crippen LogP contribution in [0.3, 0.4) is 0 Å². The number of hydrogen-bond acceptors (Lipinski definition) is 3. The van der Waals surface area contributed by atoms with Crippen molar-refractivity contribution >= 4 is 18.3 Å². The number of ether oxygens (including phenoxy) is 1. The lowest BCUT2D eigenvalue weighted by molar-refractivity contribution is -0.124. The summed E-state index contributed by atoms with van der Waals surface area (Å²) in [5.74, 6) is 1.44. The second-order valence-electron chi connectivity index (χ2n) is 8.50. The van der Waals surface area contributed by atoms with E-state index in [1.807, 2.05) is 0 Å². The minimum Gasteiger partial charge on any atom is -0.381 e. The van der Waals surface area contributed by atoms with Gasteiger partial charge in [0.1, 0.15) is 0 Å². The Morgan fingerprint density at radius 2 is 1.55 bits per heavy atom. The van der Waals surface area contributed by atoms with Crippen molar-refractivity contribution in [3.8, 4) is 0 Å². The number of fused-ring (bicyclic) bond motifs is 1. The average molecular weight is 413 g/mol. The molecule has 5 heteroatoms. The lowest BCUT2D eigenvalue weighted by Gasteiger charge is -2.45. The zero-order chi connectivity index (χ0) is 19.1. The highest BCUT2D eigenvalue weighted by Crippen LogP contribution is 2.55. The minimum atomic E-state index is -0.427. The molecule has 1 saturated heterocycles. The fraction of sp³-hybridized carbons (Fsp3) is 0.458. The predicted molar refractivity (Wildman–Crippen MR) is 116 cm³/mol. The highest BCUT2D eigenvalue weighted by molar-refractivity contribution is 5.85. The molecular weight excluding hydrogens is 384 g/mol. The molecule has 1 amide bonds. The van der Waals surface area contributed by atoms with Gasteiger partial charge in [0.25, 0.3) is 0 Å². The van der Waals surface area contributed by atoms with Gasteiger partial charge in [-0.1, -0.05) is 48.5 Å². The standard InChI is InChI=1S/C24H28N2O2.ClH/c25-23(15-9-11-28-12-10-15)24(27)26-14-16-13-21-17-5-1-3-7-19(17)22(16)20-8-4-2-6-18(20)21;/h1-8,15-16,21-23H,9-14,25H2,(H,26,27);1H. The van der Waals surface area contributed by atoms with Crippen LogP contribution in [0.4, 0.5) is 0 Å². The van der Waals surface area contributed by atoms with Crippen molar-refractivity contribution in [1.82, 2.24) is 5.32 Å². The summed E-state index contributed by atoms with van der Waals surface area (Å²) in [6.45, 7) is 2.12. The first-order valence-electron chi connectivity index (χ1n) is 10.5. The zero-order valence-corrected chi connectivity index (χ0v) is 17.4. The molecular formula is C24H29ClN2O2. The van der Waals surface area contributed by atoms with Gasteiger partial charge in [0.2, 0.25) is 5.91 Å². The maximum atomic E-state index is 12.7. The molecule has 2 atom stereocenters. The third kappa shape index (κ3) is 3.58. The molecule has 2 unspecified atom stereocenters. The van der Waals surface area contributed by atoms with Crippen LogP contribution in [0.1, 0.15) is 53.4 Å². The molecule has 4 nitrogen and oxygen atoms in total. The number of halogens is 1. The van der Waals surface area contributed by atoms with E-state index < -0.39 is 6.04 Å². The summed E-state index contributed by atoms with van der Waals surface area (Å²) in [4.78, 5) is 12.7. The summed E-state index contributed by atoms with van der Waals surface area (Å²) in [7, 11) is 0. The number of rotatable bonds is 4. The summed E-state index contributed by atoms with van der Waals surface area (Å²) < 4.78 is 5.40. The normalized spacial score (nSPS) is 26.0. The molecule has 3 aliphatic carbocycles. The lowest BCUT2D eigenvalue weighted by atomic mass is 9.59. The lowest BCUT2D eigenvalue weighted by Crippen LogP contribution is -2.49. The number of carbonyl (C=O) groups is 1. The first-order valence-corrected chi connectivity index (χ1v) is 10.5. The van der Waals surface area contributed by atoms with Crippen molar-refractivity contribution in [3.63, 3.8) is 0 Å². The third-order valence-electron chi connectivity index (χ3n) is 7.04. The largest absolute Gasteiger partial charge is 0.381 e. The van der Waals surface area contributed by atoms with Crippen LogP contribution in [0.2, 0.25) is 0 Å². The number of benzene rings is 2. The van der Waals surface area contributed by atoms with Crippen molar-refractivity contribution < 1.29 is 9.53 Å². The van der Waals surface area contributed by atoms with Crippen LogP contribution in [-0.2, 0) is 9.53 Å². The first-order chi connectivity index (χ1) is 13.7. The fourth-order valence-electron chi connectivity index (χ4n) is 5.60. The van der Waals surface area contributed by atoms with Gasteiger partial charge in [-0.2, -0.15) is 0 Å². The van der Waals surface area contributed by atoms with Gasteiger partial charge in [0.05, 0.1) is 6.04 Å². The minimum absolute atomic E-state index is 0. The highest BCUT2D eigenvalue weighted by atomic mass is 35.5. The molecule has 29 heavy (non-hydrogen) atoms. The average Bonchev–Trinajstić information content (AvgIpc) is 2.77. The number of nitrogens with two attached hydrogens (primary N) is 1. The molecule has 2 bridgehead atoms. The smallest absolute Gasteiger partial charge is 0.237 e. The highest BCUT2D eigenvalue weighted by Gasteiger charge is 2.43. The summed E-state index contributed by atoms with van der Waals surface area (Å²) in [5, 5.41) is 3.19. The molecule has 1 aliphatic heterocycles. The molecule has 1 fully saturated rings. The maximum Gasteiger partial charge on any atom is 0.237 e. The maximum absolute atomic E-state index is 12.7. The zero-order valence-electron chi connectivity index (χ0n) is 16.6. The summed E-state index contributed by atoms with van der Waals surface area (Å²) >= 11 is 0. The molecule has 0 saturated carbocycles. The Kier molecular flexibility index (Phi) is 5.95. The topological polar surface area (TPSA) is 64.4 Å². The van der Waals surface area contributed by atoms with Crippen LogP contribution >= 0.6 is 12.4 Å².